The second kappa shape index (κ2) is 8.06. The molecular weight excluding hydrogens is 462 g/mol. The fourth-order valence-corrected chi connectivity index (χ4v) is 4.43. The van der Waals surface area contributed by atoms with Crippen LogP contribution < -0.4 is 4.74 Å². The highest BCUT2D eigenvalue weighted by Crippen LogP contribution is 2.35. The van der Waals surface area contributed by atoms with Crippen LogP contribution >= 0.6 is 50.7 Å². The van der Waals surface area contributed by atoms with Gasteiger partial charge in [0.25, 0.3) is 0 Å². The van der Waals surface area contributed by atoms with E-state index >= 15 is 0 Å². The summed E-state index contributed by atoms with van der Waals surface area (Å²) in [7, 11) is -3.71. The highest BCUT2D eigenvalue weighted by atomic mass is 79.9. The second-order valence-electron chi connectivity index (χ2n) is 4.83. The Kier molecular flexibility index (Phi) is 6.56. The first-order valence-corrected chi connectivity index (χ1v) is 10.2. The van der Waals surface area contributed by atoms with Gasteiger partial charge in [-0.2, -0.15) is 0 Å². The monoisotopic (exact) mass is 470 g/mol. The molecule has 0 radical (unpaired) electrons. The van der Waals surface area contributed by atoms with E-state index in [4.69, 9.17) is 39.5 Å². The third-order valence-corrected chi connectivity index (χ3v) is 5.51. The SMILES string of the molecule is O=C(CS(=O)(=O)Cc1cccc(Br)c1)Oc1c(Cl)cc(Cl)cc1Cl. The number of esters is 1. The minimum atomic E-state index is -3.71. The average molecular weight is 473 g/mol. The van der Waals surface area contributed by atoms with Crippen LogP contribution in [-0.2, 0) is 20.4 Å². The van der Waals surface area contributed by atoms with E-state index in [1.165, 1.54) is 12.1 Å². The van der Waals surface area contributed by atoms with Gasteiger partial charge in [0.15, 0.2) is 15.6 Å². The standard InChI is InChI=1S/C15H10BrCl3O4S/c16-10-3-1-2-9(4-10)7-24(21,22)8-14(20)23-15-12(18)5-11(17)6-13(15)19/h1-6H,7-8H2. The molecule has 0 heterocycles. The molecule has 2 rings (SSSR count). The Morgan fingerprint density at radius 1 is 1.08 bits per heavy atom. The fraction of sp³-hybridized carbons (Fsp3) is 0.133. The predicted molar refractivity (Wildman–Crippen MR) is 98.7 cm³/mol. The summed E-state index contributed by atoms with van der Waals surface area (Å²) in [4.78, 5) is 11.9. The molecule has 4 nitrogen and oxygen atoms in total. The number of benzene rings is 2. The minimum absolute atomic E-state index is 0.0187. The van der Waals surface area contributed by atoms with Crippen molar-refractivity contribution in [3.63, 3.8) is 0 Å². The first-order valence-electron chi connectivity index (χ1n) is 6.46. The minimum Gasteiger partial charge on any atom is -0.423 e. The highest BCUT2D eigenvalue weighted by molar-refractivity contribution is 9.10. The number of ether oxygens (including phenoxy) is 1. The number of halogens is 4. The van der Waals surface area contributed by atoms with Gasteiger partial charge in [-0.15, -0.1) is 0 Å². The molecule has 9 heteroatoms. The van der Waals surface area contributed by atoms with Crippen molar-refractivity contribution < 1.29 is 17.9 Å². The molecule has 2 aromatic carbocycles. The molecule has 0 bridgehead atoms. The van der Waals surface area contributed by atoms with Gasteiger partial charge in [0, 0.05) is 9.50 Å². The first-order chi connectivity index (χ1) is 11.2. The normalized spacial score (nSPS) is 11.3. The van der Waals surface area contributed by atoms with Gasteiger partial charge in [-0.1, -0.05) is 62.9 Å². The molecular formula is C15H10BrCl3O4S. The molecule has 0 aliphatic heterocycles. The molecule has 0 fully saturated rings. The number of sulfone groups is 1. The van der Waals surface area contributed by atoms with E-state index in [0.29, 0.717) is 5.56 Å². The van der Waals surface area contributed by atoms with Crippen molar-refractivity contribution in [3.8, 4) is 5.75 Å². The molecule has 0 aliphatic carbocycles. The van der Waals surface area contributed by atoms with Crippen LogP contribution in [0.1, 0.15) is 5.56 Å². The Balaban J connectivity index is 2.09. The summed E-state index contributed by atoms with van der Waals surface area (Å²) < 4.78 is 30.0. The Hall–Kier alpha value is -0.790. The Morgan fingerprint density at radius 2 is 1.71 bits per heavy atom. The molecule has 0 atom stereocenters. The quantitative estimate of drug-likeness (QED) is 0.457. The van der Waals surface area contributed by atoms with Crippen LogP contribution in [0.15, 0.2) is 40.9 Å². The summed E-state index contributed by atoms with van der Waals surface area (Å²) in [5, 5.41) is 0.308. The molecule has 0 amide bonds. The maximum absolute atomic E-state index is 12.1. The number of hydrogen-bond donors (Lipinski definition) is 0. The molecule has 0 spiro atoms. The van der Waals surface area contributed by atoms with Gasteiger partial charge in [0.2, 0.25) is 0 Å². The third-order valence-electron chi connectivity index (χ3n) is 2.79. The van der Waals surface area contributed by atoms with Crippen LogP contribution in [0.4, 0.5) is 0 Å². The van der Waals surface area contributed by atoms with Gasteiger partial charge in [0.1, 0.15) is 5.75 Å². The van der Waals surface area contributed by atoms with E-state index in [0.717, 1.165) is 4.47 Å². The second-order valence-corrected chi connectivity index (χ2v) is 9.07. The lowest BCUT2D eigenvalue weighted by molar-refractivity contribution is -0.131. The van der Waals surface area contributed by atoms with Crippen molar-refractivity contribution in [1.29, 1.82) is 0 Å². The van der Waals surface area contributed by atoms with Crippen LogP contribution in [0.5, 0.6) is 5.75 Å². The predicted octanol–water partition coefficient (Wildman–Crippen LogP) is 4.93. The molecule has 0 saturated heterocycles. The van der Waals surface area contributed by atoms with Gasteiger partial charge in [-0.25, -0.2) is 8.42 Å². The van der Waals surface area contributed by atoms with Crippen molar-refractivity contribution in [3.05, 3.63) is 61.5 Å². The molecule has 0 unspecified atom stereocenters. The van der Waals surface area contributed by atoms with E-state index in [2.05, 4.69) is 15.9 Å². The lowest BCUT2D eigenvalue weighted by atomic mass is 10.2. The largest absolute Gasteiger partial charge is 0.423 e. The number of carbonyl (C=O) groups is 1. The zero-order valence-electron chi connectivity index (χ0n) is 11.9. The first kappa shape index (κ1) is 19.5. The Bertz CT molecular complexity index is 861. The summed E-state index contributed by atoms with van der Waals surface area (Å²) in [5.41, 5.74) is 0.555. The van der Waals surface area contributed by atoms with Gasteiger partial charge in [-0.3, -0.25) is 4.79 Å². The summed E-state index contributed by atoms with van der Waals surface area (Å²) in [6, 6.07) is 9.48. The summed E-state index contributed by atoms with van der Waals surface area (Å²) in [5.74, 6) is -2.18. The van der Waals surface area contributed by atoms with Gasteiger partial charge < -0.3 is 4.74 Å². The van der Waals surface area contributed by atoms with Gasteiger partial charge in [0.05, 0.1) is 15.8 Å². The van der Waals surface area contributed by atoms with Crippen LogP contribution in [-0.4, -0.2) is 20.1 Å². The van der Waals surface area contributed by atoms with Crippen molar-refractivity contribution in [2.45, 2.75) is 5.75 Å². The molecule has 0 aromatic heterocycles. The van der Waals surface area contributed by atoms with E-state index < -0.39 is 21.6 Å². The third kappa shape index (κ3) is 5.63. The molecule has 24 heavy (non-hydrogen) atoms. The zero-order valence-corrected chi connectivity index (χ0v) is 16.6. The molecule has 0 saturated carbocycles. The Labute approximate surface area is 162 Å². The van der Waals surface area contributed by atoms with Crippen molar-refractivity contribution in [2.24, 2.45) is 0 Å². The van der Waals surface area contributed by atoms with E-state index in [9.17, 15) is 13.2 Å². The highest BCUT2D eigenvalue weighted by Gasteiger charge is 2.21. The Morgan fingerprint density at radius 3 is 2.29 bits per heavy atom. The molecule has 128 valence electrons. The van der Waals surface area contributed by atoms with Crippen LogP contribution in [0.2, 0.25) is 15.1 Å². The lowest BCUT2D eigenvalue weighted by Crippen LogP contribution is -2.22. The van der Waals surface area contributed by atoms with Crippen molar-refractivity contribution >= 4 is 66.5 Å². The smallest absolute Gasteiger partial charge is 0.326 e. The lowest BCUT2D eigenvalue weighted by Gasteiger charge is -2.09. The van der Waals surface area contributed by atoms with Crippen LogP contribution in [0.25, 0.3) is 0 Å². The topological polar surface area (TPSA) is 60.4 Å². The molecule has 0 N–H and O–H groups in total. The summed E-state index contributed by atoms with van der Waals surface area (Å²) in [6.45, 7) is 0. The van der Waals surface area contributed by atoms with E-state index in [1.807, 2.05) is 0 Å². The maximum Gasteiger partial charge on any atom is 0.326 e. The maximum atomic E-state index is 12.1. The fourth-order valence-electron chi connectivity index (χ4n) is 1.88. The molecule has 2 aromatic rings. The summed E-state index contributed by atoms with van der Waals surface area (Å²) in [6.07, 6.45) is 0. The number of hydrogen-bond acceptors (Lipinski definition) is 4. The van der Waals surface area contributed by atoms with Crippen molar-refractivity contribution in [2.75, 3.05) is 5.75 Å². The zero-order chi connectivity index (χ0) is 17.9. The summed E-state index contributed by atoms with van der Waals surface area (Å²) >= 11 is 20.8. The number of carbonyl (C=O) groups excluding carboxylic acids is 1. The van der Waals surface area contributed by atoms with E-state index in [-0.39, 0.29) is 26.6 Å². The number of rotatable bonds is 5. The molecule has 0 aliphatic rings. The average Bonchev–Trinajstić information content (AvgIpc) is 2.41. The van der Waals surface area contributed by atoms with Crippen LogP contribution in [0, 0.1) is 0 Å². The van der Waals surface area contributed by atoms with Gasteiger partial charge in [-0.05, 0) is 29.8 Å². The van der Waals surface area contributed by atoms with Gasteiger partial charge >= 0.3 is 5.97 Å². The van der Waals surface area contributed by atoms with Crippen molar-refractivity contribution in [1.82, 2.24) is 0 Å². The van der Waals surface area contributed by atoms with Crippen LogP contribution in [0.3, 0.4) is 0 Å². The van der Waals surface area contributed by atoms with E-state index in [1.54, 1.807) is 24.3 Å².